The zero-order chi connectivity index (χ0) is 27.9. The number of likely N-dealkylation sites (tertiary alicyclic amines) is 2. The predicted octanol–water partition coefficient (Wildman–Crippen LogP) is 4.43. The summed E-state index contributed by atoms with van der Waals surface area (Å²) in [5.41, 5.74) is 16.6. The third-order valence-corrected chi connectivity index (χ3v) is 8.74. The number of amides is 1. The maximum absolute atomic E-state index is 12.2. The number of ether oxygens (including phenoxy) is 1. The van der Waals surface area contributed by atoms with Crippen molar-refractivity contribution < 1.29 is 9.53 Å². The first kappa shape index (κ1) is 27.4. The molecular formula is C31H46N6O2. The van der Waals surface area contributed by atoms with Crippen LogP contribution in [-0.2, 0) is 4.74 Å². The van der Waals surface area contributed by atoms with Crippen LogP contribution < -0.4 is 21.3 Å². The van der Waals surface area contributed by atoms with Crippen LogP contribution in [0.25, 0.3) is 0 Å². The lowest BCUT2D eigenvalue weighted by Crippen LogP contribution is -2.39. The summed E-state index contributed by atoms with van der Waals surface area (Å²) in [4.78, 5) is 21.5. The van der Waals surface area contributed by atoms with Gasteiger partial charge in [0.05, 0.1) is 6.04 Å². The molecule has 39 heavy (non-hydrogen) atoms. The Hall–Kier alpha value is -3.13. The van der Waals surface area contributed by atoms with Crippen LogP contribution in [0.2, 0.25) is 0 Å². The van der Waals surface area contributed by atoms with E-state index in [4.69, 9.17) is 16.2 Å². The third kappa shape index (κ3) is 6.06. The number of nitrogens with two attached hydrogens (primary N) is 2. The lowest BCUT2D eigenvalue weighted by molar-refractivity contribution is 0.0284. The molecule has 8 nitrogen and oxygen atoms in total. The maximum Gasteiger partial charge on any atom is 0.410 e. The van der Waals surface area contributed by atoms with Crippen molar-refractivity contribution in [3.05, 3.63) is 48.0 Å². The smallest absolute Gasteiger partial charge is 0.410 e. The van der Waals surface area contributed by atoms with Gasteiger partial charge in [-0.25, -0.2) is 4.79 Å². The first-order chi connectivity index (χ1) is 18.5. The molecule has 6 rings (SSSR count). The van der Waals surface area contributed by atoms with Crippen LogP contribution in [0.1, 0.15) is 39.2 Å². The minimum absolute atomic E-state index is 0.195. The number of nitrogen functional groups attached to an aromatic ring is 2. The fourth-order valence-corrected chi connectivity index (χ4v) is 6.76. The van der Waals surface area contributed by atoms with Gasteiger partial charge in [-0.2, -0.15) is 0 Å². The van der Waals surface area contributed by atoms with Crippen molar-refractivity contribution in [3.8, 4) is 0 Å². The molecule has 4 saturated heterocycles. The highest BCUT2D eigenvalue weighted by molar-refractivity contribution is 5.69. The van der Waals surface area contributed by atoms with Gasteiger partial charge in [0.25, 0.3) is 0 Å². The SMILES string of the molecule is CC(C)(C)OC(=O)N1CC2CCN(c3ccc(N)cc3)C2C1.Cc1cc(N2CCC3CN(C)CC32)ccc1N. The molecular weight excluding hydrogens is 488 g/mol. The summed E-state index contributed by atoms with van der Waals surface area (Å²) in [5.74, 6) is 1.39. The van der Waals surface area contributed by atoms with Gasteiger partial charge in [-0.3, -0.25) is 0 Å². The van der Waals surface area contributed by atoms with Gasteiger partial charge in [0.1, 0.15) is 5.60 Å². The fraction of sp³-hybridized carbons (Fsp3) is 0.581. The van der Waals surface area contributed by atoms with Gasteiger partial charge in [-0.1, -0.05) is 0 Å². The van der Waals surface area contributed by atoms with Crippen molar-refractivity contribution >= 4 is 28.8 Å². The summed E-state index contributed by atoms with van der Waals surface area (Å²) in [6, 6.07) is 15.5. The third-order valence-electron chi connectivity index (χ3n) is 8.74. The fourth-order valence-electron chi connectivity index (χ4n) is 6.76. The molecule has 0 bridgehead atoms. The van der Waals surface area contributed by atoms with Gasteiger partial charge in [-0.05, 0) is 102 Å². The molecule has 0 spiro atoms. The van der Waals surface area contributed by atoms with Crippen LogP contribution in [0.15, 0.2) is 42.5 Å². The van der Waals surface area contributed by atoms with Crippen LogP contribution in [0.4, 0.5) is 27.5 Å². The quantitative estimate of drug-likeness (QED) is 0.551. The van der Waals surface area contributed by atoms with Gasteiger partial charge < -0.3 is 35.8 Å². The molecule has 2 aromatic carbocycles. The van der Waals surface area contributed by atoms with Crippen molar-refractivity contribution in [1.82, 2.24) is 9.80 Å². The average molecular weight is 535 g/mol. The van der Waals surface area contributed by atoms with E-state index in [1.807, 2.05) is 43.9 Å². The number of carbonyl (C=O) groups is 1. The Bertz CT molecular complexity index is 1160. The molecule has 2 aromatic rings. The van der Waals surface area contributed by atoms with E-state index in [9.17, 15) is 4.79 Å². The van der Waals surface area contributed by atoms with Gasteiger partial charge in [0.2, 0.25) is 0 Å². The number of anilines is 4. The molecule has 4 aliphatic heterocycles. The van der Waals surface area contributed by atoms with E-state index in [-0.39, 0.29) is 6.09 Å². The molecule has 4 heterocycles. The molecule has 0 radical (unpaired) electrons. The lowest BCUT2D eigenvalue weighted by atomic mass is 10.0. The number of benzene rings is 2. The summed E-state index contributed by atoms with van der Waals surface area (Å²) in [5, 5.41) is 0. The van der Waals surface area contributed by atoms with Gasteiger partial charge >= 0.3 is 6.09 Å². The Kier molecular flexibility index (Phi) is 7.60. The van der Waals surface area contributed by atoms with E-state index in [1.165, 1.54) is 43.0 Å². The molecule has 0 aromatic heterocycles. The number of likely N-dealkylation sites (N-methyl/N-ethyl adjacent to an activating group) is 1. The highest BCUT2D eigenvalue weighted by Crippen LogP contribution is 2.37. The number of carbonyl (C=O) groups excluding carboxylic acids is 1. The molecule has 4 aliphatic rings. The Morgan fingerprint density at radius 2 is 1.44 bits per heavy atom. The highest BCUT2D eigenvalue weighted by atomic mass is 16.6. The standard InChI is InChI=1S/C17H25N3O2.C14H21N3/c1-17(2,3)22-16(21)19-10-12-8-9-20(15(12)11-19)14-6-4-13(18)5-7-14;1-10-7-12(3-4-13(10)15)17-6-5-11-8-16(2)9-14(11)17/h4-7,12,15H,8-11,18H2,1-3H3;3-4,7,11,14H,5-6,8-9,15H2,1-2H3. The second kappa shape index (κ2) is 10.8. The molecule has 4 atom stereocenters. The van der Waals surface area contributed by atoms with E-state index < -0.39 is 5.60 Å². The van der Waals surface area contributed by atoms with Crippen LogP contribution in [-0.4, -0.2) is 79.9 Å². The second-order valence-corrected chi connectivity index (χ2v) is 12.9. The summed E-state index contributed by atoms with van der Waals surface area (Å²) in [6.07, 6.45) is 2.26. The van der Waals surface area contributed by atoms with E-state index in [0.29, 0.717) is 18.0 Å². The first-order valence-electron chi connectivity index (χ1n) is 14.4. The zero-order valence-electron chi connectivity index (χ0n) is 24.3. The first-order valence-corrected chi connectivity index (χ1v) is 14.4. The van der Waals surface area contributed by atoms with E-state index in [0.717, 1.165) is 43.3 Å². The number of hydrogen-bond acceptors (Lipinski definition) is 7. The number of rotatable bonds is 2. The van der Waals surface area contributed by atoms with Crippen molar-refractivity contribution in [2.24, 2.45) is 11.8 Å². The highest BCUT2D eigenvalue weighted by Gasteiger charge is 2.44. The minimum atomic E-state index is -0.439. The molecule has 8 heteroatoms. The van der Waals surface area contributed by atoms with Crippen LogP contribution in [0.5, 0.6) is 0 Å². The Morgan fingerprint density at radius 1 is 0.846 bits per heavy atom. The topological polar surface area (TPSA) is 91.3 Å². The number of aryl methyl sites for hydroxylation is 1. The molecule has 0 aliphatic carbocycles. The molecule has 4 unspecified atom stereocenters. The maximum atomic E-state index is 12.2. The Balaban J connectivity index is 0.000000163. The summed E-state index contributed by atoms with van der Waals surface area (Å²) < 4.78 is 5.50. The average Bonchev–Trinajstić information content (AvgIpc) is 3.62. The summed E-state index contributed by atoms with van der Waals surface area (Å²) in [7, 11) is 2.23. The van der Waals surface area contributed by atoms with Crippen LogP contribution in [0.3, 0.4) is 0 Å². The van der Waals surface area contributed by atoms with Gasteiger partial charge in [0.15, 0.2) is 0 Å². The minimum Gasteiger partial charge on any atom is -0.444 e. The summed E-state index contributed by atoms with van der Waals surface area (Å²) >= 11 is 0. The molecule has 1 amide bonds. The number of hydrogen-bond donors (Lipinski definition) is 2. The van der Waals surface area contributed by atoms with Gasteiger partial charge in [-0.15, -0.1) is 0 Å². The van der Waals surface area contributed by atoms with E-state index in [1.54, 1.807) is 0 Å². The van der Waals surface area contributed by atoms with E-state index in [2.05, 4.69) is 52.9 Å². The largest absolute Gasteiger partial charge is 0.444 e. The van der Waals surface area contributed by atoms with Crippen LogP contribution in [0, 0.1) is 18.8 Å². The lowest BCUT2D eigenvalue weighted by Gasteiger charge is -2.28. The zero-order valence-corrected chi connectivity index (χ0v) is 24.3. The molecule has 0 saturated carbocycles. The van der Waals surface area contributed by atoms with E-state index >= 15 is 0 Å². The Labute approximate surface area is 233 Å². The normalized spacial score (nSPS) is 26.3. The van der Waals surface area contributed by atoms with Crippen molar-refractivity contribution in [1.29, 1.82) is 0 Å². The van der Waals surface area contributed by atoms with Crippen molar-refractivity contribution in [3.63, 3.8) is 0 Å². The number of nitrogens with zero attached hydrogens (tertiary/aromatic N) is 4. The monoisotopic (exact) mass is 534 g/mol. The van der Waals surface area contributed by atoms with Gasteiger partial charge in [0, 0.05) is 74.0 Å². The molecule has 4 fully saturated rings. The van der Waals surface area contributed by atoms with Crippen molar-refractivity contribution in [2.75, 3.05) is 67.6 Å². The van der Waals surface area contributed by atoms with Crippen molar-refractivity contribution in [2.45, 2.75) is 58.2 Å². The Morgan fingerprint density at radius 3 is 2.08 bits per heavy atom. The summed E-state index contributed by atoms with van der Waals surface area (Å²) in [6.45, 7) is 14.0. The predicted molar refractivity (Wildman–Crippen MR) is 160 cm³/mol. The second-order valence-electron chi connectivity index (χ2n) is 12.9. The van der Waals surface area contributed by atoms with Crippen LogP contribution >= 0.6 is 0 Å². The molecule has 212 valence electrons. The molecule has 4 N–H and O–H groups in total. The number of fused-ring (bicyclic) bond motifs is 2.